The van der Waals surface area contributed by atoms with E-state index in [2.05, 4.69) is 26.6 Å². The SMILES string of the molecule is CC[C@H](NC(=O)[C@H](CCC(=O)O)NC(=O)[C@H](CCC(=O)O)NC(=O)[C@H](CCSC)NC(=O)[C@H](CCC(=O)O)NC(=O)[C@@H](N)CC(=O)O)C(=O)O. The first-order chi connectivity index (χ1) is 23.3. The van der Waals surface area contributed by atoms with Crippen molar-refractivity contribution < 1.29 is 73.5 Å². The Morgan fingerprint density at radius 2 is 0.840 bits per heavy atom. The average Bonchev–Trinajstić information content (AvgIpc) is 3.02. The molecule has 0 heterocycles. The van der Waals surface area contributed by atoms with Crippen LogP contribution >= 0.6 is 11.8 Å². The van der Waals surface area contributed by atoms with E-state index in [1.54, 1.807) is 6.26 Å². The van der Waals surface area contributed by atoms with E-state index in [4.69, 9.17) is 21.1 Å². The Morgan fingerprint density at radius 3 is 1.12 bits per heavy atom. The molecular weight excluding hydrogens is 692 g/mol. The number of carbonyl (C=O) groups excluding carboxylic acids is 5. The number of nitrogens with one attached hydrogen (secondary N) is 5. The highest BCUT2D eigenvalue weighted by Gasteiger charge is 2.33. The molecule has 0 aliphatic heterocycles. The first kappa shape index (κ1) is 45.0. The van der Waals surface area contributed by atoms with Gasteiger partial charge >= 0.3 is 29.8 Å². The molecule has 0 fully saturated rings. The molecule has 0 aliphatic carbocycles. The number of carboxylic acid groups (broad SMARTS) is 5. The first-order valence-corrected chi connectivity index (χ1v) is 16.6. The lowest BCUT2D eigenvalue weighted by Crippen LogP contribution is -2.59. The Balaban J connectivity index is 6.24. The summed E-state index contributed by atoms with van der Waals surface area (Å²) < 4.78 is 0. The fourth-order valence-electron chi connectivity index (χ4n) is 4.10. The topological polar surface area (TPSA) is 358 Å². The van der Waals surface area contributed by atoms with Crippen molar-refractivity contribution in [3.63, 3.8) is 0 Å². The number of hydrogen-bond donors (Lipinski definition) is 11. The van der Waals surface area contributed by atoms with E-state index in [9.17, 15) is 58.2 Å². The van der Waals surface area contributed by atoms with Crippen LogP contribution in [0.2, 0.25) is 0 Å². The summed E-state index contributed by atoms with van der Waals surface area (Å²) >= 11 is 1.24. The van der Waals surface area contributed by atoms with Gasteiger partial charge in [0.2, 0.25) is 29.5 Å². The van der Waals surface area contributed by atoms with Gasteiger partial charge in [-0.15, -0.1) is 0 Å². The number of thioether (sulfide) groups is 1. The summed E-state index contributed by atoms with van der Waals surface area (Å²) in [6.45, 7) is 1.45. The second-order valence-corrected chi connectivity index (χ2v) is 11.8. The fraction of sp³-hybridized carbons (Fsp3) is 0.643. The van der Waals surface area contributed by atoms with Crippen molar-refractivity contribution in [2.45, 2.75) is 101 Å². The molecule has 50 heavy (non-hydrogen) atoms. The maximum absolute atomic E-state index is 13.4. The minimum absolute atomic E-state index is 0.0584. The van der Waals surface area contributed by atoms with Gasteiger partial charge in [-0.1, -0.05) is 6.92 Å². The average molecular weight is 737 g/mol. The summed E-state index contributed by atoms with van der Waals surface area (Å²) in [5, 5.41) is 56.8. The summed E-state index contributed by atoms with van der Waals surface area (Å²) in [7, 11) is 0. The normalized spacial score (nSPS) is 14.3. The molecule has 0 aromatic rings. The summed E-state index contributed by atoms with van der Waals surface area (Å²) in [5.74, 6) is -12.1. The van der Waals surface area contributed by atoms with Gasteiger partial charge in [0.15, 0.2) is 0 Å². The lowest BCUT2D eigenvalue weighted by atomic mass is 10.1. The Hall–Kier alpha value is -4.99. The molecule has 0 radical (unpaired) electrons. The predicted molar refractivity (Wildman–Crippen MR) is 171 cm³/mol. The third-order valence-electron chi connectivity index (χ3n) is 6.84. The van der Waals surface area contributed by atoms with Gasteiger partial charge < -0.3 is 57.9 Å². The molecule has 6 atom stereocenters. The van der Waals surface area contributed by atoms with Gasteiger partial charge in [0.1, 0.15) is 30.2 Å². The number of carbonyl (C=O) groups is 10. The lowest BCUT2D eigenvalue weighted by Gasteiger charge is -2.27. The lowest BCUT2D eigenvalue weighted by molar-refractivity contribution is -0.143. The molecule has 0 bridgehead atoms. The van der Waals surface area contributed by atoms with Gasteiger partial charge in [0, 0.05) is 19.3 Å². The Morgan fingerprint density at radius 1 is 0.520 bits per heavy atom. The number of nitrogens with two attached hydrogens (primary N) is 1. The second kappa shape index (κ2) is 23.4. The minimum Gasteiger partial charge on any atom is -0.481 e. The molecule has 0 spiro atoms. The molecule has 0 saturated heterocycles. The fourth-order valence-corrected chi connectivity index (χ4v) is 4.57. The van der Waals surface area contributed by atoms with E-state index in [1.807, 2.05) is 0 Å². The Bertz CT molecular complexity index is 1270. The van der Waals surface area contributed by atoms with Crippen LogP contribution in [-0.2, 0) is 47.9 Å². The Labute approximate surface area is 289 Å². The quantitative estimate of drug-likeness (QED) is 0.0423. The number of hydrogen-bond acceptors (Lipinski definition) is 12. The zero-order valence-corrected chi connectivity index (χ0v) is 28.2. The standard InChI is InChI=1S/C28H44N6O15S/c1-3-14(28(48)49)30-24(44)16(5-8-20(37)38)32-26(46)17(6-9-21(39)40)33-27(47)18(10-11-50-2)34-25(45)15(4-7-19(35)36)31-23(43)13(29)12-22(41)42/h13-18H,3-12,29H2,1-2H3,(H,30,44)(H,31,43)(H,32,46)(H,33,47)(H,34,45)(H,35,36)(H,37,38)(H,39,40)(H,41,42)(H,48,49)/t13-,14-,15-,16-,17-,18-/m0/s1. The van der Waals surface area contributed by atoms with Crippen LogP contribution in [-0.4, -0.2) is 133 Å². The molecule has 22 heteroatoms. The monoisotopic (exact) mass is 736 g/mol. The molecule has 282 valence electrons. The maximum Gasteiger partial charge on any atom is 0.326 e. The predicted octanol–water partition coefficient (Wildman–Crippen LogP) is -2.95. The van der Waals surface area contributed by atoms with Gasteiger partial charge in [0.05, 0.1) is 12.5 Å². The highest BCUT2D eigenvalue weighted by molar-refractivity contribution is 7.98. The van der Waals surface area contributed by atoms with Crippen LogP contribution in [0.25, 0.3) is 0 Å². The molecule has 0 aliphatic rings. The summed E-state index contributed by atoms with van der Waals surface area (Å²) in [5.41, 5.74) is 5.53. The van der Waals surface area contributed by atoms with E-state index in [0.29, 0.717) is 0 Å². The van der Waals surface area contributed by atoms with Crippen LogP contribution in [0.1, 0.15) is 64.7 Å². The van der Waals surface area contributed by atoms with E-state index in [-0.39, 0.29) is 18.6 Å². The maximum atomic E-state index is 13.4. The zero-order chi connectivity index (χ0) is 38.6. The van der Waals surface area contributed by atoms with Crippen LogP contribution in [0.15, 0.2) is 0 Å². The van der Waals surface area contributed by atoms with Gasteiger partial charge in [0.25, 0.3) is 0 Å². The van der Waals surface area contributed by atoms with Crippen LogP contribution in [0.4, 0.5) is 0 Å². The third kappa shape index (κ3) is 18.5. The number of aliphatic carboxylic acids is 5. The van der Waals surface area contributed by atoms with Crippen LogP contribution in [0.5, 0.6) is 0 Å². The van der Waals surface area contributed by atoms with Crippen molar-refractivity contribution in [2.75, 3.05) is 12.0 Å². The van der Waals surface area contributed by atoms with E-state index in [1.165, 1.54) is 18.7 Å². The molecule has 5 amide bonds. The molecule has 0 rings (SSSR count). The van der Waals surface area contributed by atoms with E-state index in [0.717, 1.165) is 0 Å². The smallest absolute Gasteiger partial charge is 0.326 e. The van der Waals surface area contributed by atoms with Crippen LogP contribution < -0.4 is 32.3 Å². The van der Waals surface area contributed by atoms with Crippen LogP contribution in [0.3, 0.4) is 0 Å². The second-order valence-electron chi connectivity index (χ2n) is 10.8. The van der Waals surface area contributed by atoms with Gasteiger partial charge in [-0.3, -0.25) is 43.2 Å². The zero-order valence-electron chi connectivity index (χ0n) is 27.3. The number of carboxylic acids is 5. The van der Waals surface area contributed by atoms with Crippen molar-refractivity contribution in [1.29, 1.82) is 0 Å². The van der Waals surface area contributed by atoms with Crippen LogP contribution in [0, 0.1) is 0 Å². The van der Waals surface area contributed by atoms with Crippen molar-refractivity contribution in [1.82, 2.24) is 26.6 Å². The van der Waals surface area contributed by atoms with Crippen molar-refractivity contribution in [3.05, 3.63) is 0 Å². The molecule has 0 aromatic carbocycles. The summed E-state index contributed by atoms with van der Waals surface area (Å²) in [6, 6.07) is -9.33. The molecular formula is C28H44N6O15S. The first-order valence-electron chi connectivity index (χ1n) is 15.2. The molecule has 0 aromatic heterocycles. The molecule has 0 saturated carbocycles. The van der Waals surface area contributed by atoms with Crippen molar-refractivity contribution >= 4 is 71.1 Å². The molecule has 21 nitrogen and oxygen atoms in total. The number of amides is 5. The largest absolute Gasteiger partial charge is 0.481 e. The third-order valence-corrected chi connectivity index (χ3v) is 7.48. The highest BCUT2D eigenvalue weighted by atomic mass is 32.2. The van der Waals surface area contributed by atoms with Gasteiger partial charge in [-0.25, -0.2) is 4.79 Å². The summed E-state index contributed by atoms with van der Waals surface area (Å²) in [4.78, 5) is 121. The minimum atomic E-state index is -1.68. The van der Waals surface area contributed by atoms with Gasteiger partial charge in [-0.2, -0.15) is 11.8 Å². The molecule has 12 N–H and O–H groups in total. The Kier molecular flexibility index (Phi) is 21.0. The van der Waals surface area contributed by atoms with Crippen molar-refractivity contribution in [2.24, 2.45) is 5.73 Å². The van der Waals surface area contributed by atoms with E-state index < -0.39 is 141 Å². The molecule has 0 unspecified atom stereocenters. The number of rotatable bonds is 26. The summed E-state index contributed by atoms with van der Waals surface area (Å²) in [6.07, 6.45) is -2.80. The highest BCUT2D eigenvalue weighted by Crippen LogP contribution is 2.08. The van der Waals surface area contributed by atoms with Gasteiger partial charge in [-0.05, 0) is 44.1 Å². The van der Waals surface area contributed by atoms with Crippen molar-refractivity contribution in [3.8, 4) is 0 Å². The van der Waals surface area contributed by atoms with E-state index >= 15 is 0 Å².